The first-order chi connectivity index (χ1) is 12.7. The third kappa shape index (κ3) is 3.67. The van der Waals surface area contributed by atoms with E-state index in [9.17, 15) is 0 Å². The van der Waals surface area contributed by atoms with Crippen molar-refractivity contribution in [1.29, 1.82) is 0 Å². The summed E-state index contributed by atoms with van der Waals surface area (Å²) in [6.45, 7) is 2.50. The van der Waals surface area contributed by atoms with Gasteiger partial charge in [-0.15, -0.1) is 0 Å². The van der Waals surface area contributed by atoms with Crippen LogP contribution in [0.4, 0.5) is 17.2 Å². The number of fused-ring (bicyclic) bond motifs is 1. The van der Waals surface area contributed by atoms with Crippen molar-refractivity contribution in [1.82, 2.24) is 14.4 Å². The Morgan fingerprint density at radius 2 is 2.15 bits per heavy atom. The fourth-order valence-electron chi connectivity index (χ4n) is 3.15. The summed E-state index contributed by atoms with van der Waals surface area (Å²) in [4.78, 5) is 11.1. The predicted octanol–water partition coefficient (Wildman–Crippen LogP) is 2.82. The normalized spacial score (nSPS) is 17.6. The minimum Gasteiger partial charge on any atom is -0.396 e. The van der Waals surface area contributed by atoms with Crippen LogP contribution in [0.25, 0.3) is 5.65 Å². The molecule has 0 radical (unpaired) electrons. The van der Waals surface area contributed by atoms with E-state index in [4.69, 9.17) is 9.84 Å². The lowest BCUT2D eigenvalue weighted by molar-refractivity contribution is 0.0247. The summed E-state index contributed by atoms with van der Waals surface area (Å²) in [5, 5.41) is 12.4. The van der Waals surface area contributed by atoms with Gasteiger partial charge in [-0.2, -0.15) is 0 Å². The van der Waals surface area contributed by atoms with Gasteiger partial charge >= 0.3 is 0 Å². The van der Waals surface area contributed by atoms with Gasteiger partial charge in [0.1, 0.15) is 4.60 Å². The standard InChI is InChI=1S/C18H20BrN5O2/c19-16-12-24-7-6-20-18(24)17(22-16)21-13-1-3-14(4-2-13)23-8-10-26-15(11-23)5-9-25/h1-4,6-7,12,15,25H,5,8-11H2,(H,21,22)/t15-/m1/s1. The molecule has 0 bridgehead atoms. The lowest BCUT2D eigenvalue weighted by Crippen LogP contribution is -2.42. The Hall–Kier alpha value is -2.16. The molecule has 0 saturated carbocycles. The number of rotatable bonds is 5. The van der Waals surface area contributed by atoms with Crippen LogP contribution in [0.5, 0.6) is 0 Å². The number of nitrogens with zero attached hydrogens (tertiary/aromatic N) is 4. The highest BCUT2D eigenvalue weighted by molar-refractivity contribution is 9.10. The molecule has 3 aromatic rings. The summed E-state index contributed by atoms with van der Waals surface area (Å²) in [7, 11) is 0. The summed E-state index contributed by atoms with van der Waals surface area (Å²) in [6.07, 6.45) is 6.27. The average Bonchev–Trinajstić information content (AvgIpc) is 3.11. The van der Waals surface area contributed by atoms with Gasteiger partial charge in [0.2, 0.25) is 0 Å². The SMILES string of the molecule is OCC[C@@H]1CN(c2ccc(Nc3nc(Br)cn4ccnc34)cc2)CCO1. The van der Waals surface area contributed by atoms with Crippen molar-refractivity contribution in [3.05, 3.63) is 47.5 Å². The Labute approximate surface area is 159 Å². The van der Waals surface area contributed by atoms with Gasteiger partial charge in [0.15, 0.2) is 11.5 Å². The van der Waals surface area contributed by atoms with Gasteiger partial charge in [0.05, 0.1) is 12.7 Å². The Morgan fingerprint density at radius 1 is 1.31 bits per heavy atom. The molecule has 1 saturated heterocycles. The van der Waals surface area contributed by atoms with Crippen LogP contribution >= 0.6 is 15.9 Å². The van der Waals surface area contributed by atoms with Gasteiger partial charge in [-0.05, 0) is 46.6 Å². The fourth-order valence-corrected chi connectivity index (χ4v) is 3.55. The first-order valence-electron chi connectivity index (χ1n) is 8.56. The summed E-state index contributed by atoms with van der Waals surface area (Å²) < 4.78 is 8.34. The Balaban J connectivity index is 1.50. The van der Waals surface area contributed by atoms with Crippen LogP contribution in [0.2, 0.25) is 0 Å². The molecular formula is C18H20BrN5O2. The molecule has 1 atom stereocenters. The highest BCUT2D eigenvalue weighted by Crippen LogP contribution is 2.25. The minimum absolute atomic E-state index is 0.0890. The van der Waals surface area contributed by atoms with Crippen molar-refractivity contribution in [2.24, 2.45) is 0 Å². The number of morpholine rings is 1. The number of ether oxygens (including phenoxy) is 1. The zero-order valence-corrected chi connectivity index (χ0v) is 15.8. The summed E-state index contributed by atoms with van der Waals surface area (Å²) in [6, 6.07) is 8.25. The van der Waals surface area contributed by atoms with E-state index >= 15 is 0 Å². The third-order valence-corrected chi connectivity index (χ3v) is 4.81. The van der Waals surface area contributed by atoms with Crippen molar-refractivity contribution in [3.8, 4) is 0 Å². The largest absolute Gasteiger partial charge is 0.396 e. The second kappa shape index (κ2) is 7.61. The molecule has 0 aliphatic carbocycles. The molecule has 0 unspecified atom stereocenters. The molecule has 26 heavy (non-hydrogen) atoms. The molecule has 1 aliphatic rings. The zero-order chi connectivity index (χ0) is 17.9. The van der Waals surface area contributed by atoms with E-state index in [0.29, 0.717) is 18.8 Å². The number of anilines is 3. The van der Waals surface area contributed by atoms with Crippen LogP contribution in [0.3, 0.4) is 0 Å². The highest BCUT2D eigenvalue weighted by Gasteiger charge is 2.20. The maximum Gasteiger partial charge on any atom is 0.180 e. The van der Waals surface area contributed by atoms with Crippen LogP contribution in [0, 0.1) is 0 Å². The van der Waals surface area contributed by atoms with Crippen LogP contribution < -0.4 is 10.2 Å². The van der Waals surface area contributed by atoms with E-state index in [1.807, 2.05) is 28.9 Å². The van der Waals surface area contributed by atoms with Crippen LogP contribution in [0.15, 0.2) is 47.5 Å². The third-order valence-electron chi connectivity index (χ3n) is 4.43. The van der Waals surface area contributed by atoms with Crippen molar-refractivity contribution in [3.63, 3.8) is 0 Å². The molecule has 2 aromatic heterocycles. The monoisotopic (exact) mass is 417 g/mol. The van der Waals surface area contributed by atoms with E-state index in [1.54, 1.807) is 6.20 Å². The van der Waals surface area contributed by atoms with Crippen LogP contribution in [0.1, 0.15) is 6.42 Å². The molecule has 3 heterocycles. The predicted molar refractivity (Wildman–Crippen MR) is 104 cm³/mol. The molecule has 136 valence electrons. The van der Waals surface area contributed by atoms with E-state index in [2.05, 4.69) is 48.2 Å². The summed E-state index contributed by atoms with van der Waals surface area (Å²) in [5.41, 5.74) is 2.87. The molecular weight excluding hydrogens is 398 g/mol. The molecule has 4 rings (SSSR count). The molecule has 0 amide bonds. The smallest absolute Gasteiger partial charge is 0.180 e. The molecule has 7 nitrogen and oxygen atoms in total. The summed E-state index contributed by atoms with van der Waals surface area (Å²) in [5.74, 6) is 0.700. The molecule has 2 N–H and O–H groups in total. The zero-order valence-electron chi connectivity index (χ0n) is 14.2. The van der Waals surface area contributed by atoms with Gasteiger partial charge in [-0.3, -0.25) is 0 Å². The number of imidazole rings is 1. The van der Waals surface area contributed by atoms with Crippen LogP contribution in [-0.2, 0) is 4.74 Å². The van der Waals surface area contributed by atoms with Crippen LogP contribution in [-0.4, -0.2) is 51.9 Å². The second-order valence-electron chi connectivity index (χ2n) is 6.19. The Bertz CT molecular complexity index is 881. The van der Waals surface area contributed by atoms with Gasteiger partial charge in [-0.25, -0.2) is 9.97 Å². The number of halogens is 1. The number of nitrogens with one attached hydrogen (secondary N) is 1. The highest BCUT2D eigenvalue weighted by atomic mass is 79.9. The molecule has 1 fully saturated rings. The second-order valence-corrected chi connectivity index (χ2v) is 7.01. The van der Waals surface area contributed by atoms with Crippen molar-refractivity contribution in [2.45, 2.75) is 12.5 Å². The topological polar surface area (TPSA) is 74.9 Å². The number of aliphatic hydroxyl groups is 1. The van der Waals surface area contributed by atoms with E-state index in [-0.39, 0.29) is 12.7 Å². The first-order valence-corrected chi connectivity index (χ1v) is 9.36. The minimum atomic E-state index is 0.0890. The molecule has 1 aliphatic heterocycles. The van der Waals surface area contributed by atoms with Crippen molar-refractivity contribution in [2.75, 3.05) is 36.5 Å². The Kier molecular flexibility index (Phi) is 5.05. The maximum absolute atomic E-state index is 9.11. The van der Waals surface area contributed by atoms with E-state index < -0.39 is 0 Å². The van der Waals surface area contributed by atoms with E-state index in [1.165, 1.54) is 0 Å². The van der Waals surface area contributed by atoms with Crippen molar-refractivity contribution < 1.29 is 9.84 Å². The first kappa shape index (κ1) is 17.3. The number of aliphatic hydroxyl groups excluding tert-OH is 1. The number of hydrogen-bond donors (Lipinski definition) is 2. The Morgan fingerprint density at radius 3 is 2.96 bits per heavy atom. The molecule has 1 aromatic carbocycles. The molecule has 0 spiro atoms. The maximum atomic E-state index is 9.11. The van der Waals surface area contributed by atoms with Crippen molar-refractivity contribution >= 4 is 38.8 Å². The lowest BCUT2D eigenvalue weighted by atomic mass is 10.2. The van der Waals surface area contributed by atoms with E-state index in [0.717, 1.165) is 34.7 Å². The quantitative estimate of drug-likeness (QED) is 0.664. The summed E-state index contributed by atoms with van der Waals surface area (Å²) >= 11 is 3.43. The van der Waals surface area contributed by atoms with Gasteiger partial charge < -0.3 is 24.5 Å². The van der Waals surface area contributed by atoms with Gasteiger partial charge in [0, 0.05) is 49.7 Å². The molecule has 8 heteroatoms. The number of benzene rings is 1. The number of hydrogen-bond acceptors (Lipinski definition) is 6. The fraction of sp³-hybridized carbons (Fsp3) is 0.333. The van der Waals surface area contributed by atoms with Gasteiger partial charge in [0.25, 0.3) is 0 Å². The average molecular weight is 418 g/mol. The lowest BCUT2D eigenvalue weighted by Gasteiger charge is -2.34. The number of aromatic nitrogens is 3. The van der Waals surface area contributed by atoms with Gasteiger partial charge in [-0.1, -0.05) is 0 Å².